The molecule has 1 atom stereocenters. The van der Waals surface area contributed by atoms with Gasteiger partial charge in [0.05, 0.1) is 6.61 Å². The van der Waals surface area contributed by atoms with Crippen LogP contribution in [0.1, 0.15) is 33.1 Å². The summed E-state index contributed by atoms with van der Waals surface area (Å²) in [7, 11) is 0. The van der Waals surface area contributed by atoms with E-state index in [1.165, 1.54) is 17.8 Å². The average molecular weight is 270 g/mol. The molecule has 5 heteroatoms. The molecule has 0 spiro atoms. The molecule has 15 heavy (non-hydrogen) atoms. The van der Waals surface area contributed by atoms with Gasteiger partial charge in [-0.1, -0.05) is 38.1 Å². The molecule has 0 aromatic rings. The van der Waals surface area contributed by atoms with Gasteiger partial charge in [-0.15, -0.1) is 0 Å². The van der Waals surface area contributed by atoms with Crippen molar-refractivity contribution < 1.29 is 9.09 Å². The minimum Gasteiger partial charge on any atom is -0.321 e. The van der Waals surface area contributed by atoms with Crippen LogP contribution in [0.2, 0.25) is 0 Å². The van der Waals surface area contributed by atoms with E-state index in [-0.39, 0.29) is 0 Å². The molecule has 0 radical (unpaired) electrons. The van der Waals surface area contributed by atoms with Crippen molar-refractivity contribution in [3.8, 4) is 0 Å². The van der Waals surface area contributed by atoms with Gasteiger partial charge in [-0.05, 0) is 12.2 Å². The summed E-state index contributed by atoms with van der Waals surface area (Å²) < 4.78 is 17.3. The van der Waals surface area contributed by atoms with Crippen LogP contribution in [0.25, 0.3) is 0 Å². The number of hydrogen-bond acceptors (Lipinski definition) is 4. The summed E-state index contributed by atoms with van der Waals surface area (Å²) in [4.78, 5) is 0. The van der Waals surface area contributed by atoms with E-state index in [4.69, 9.17) is 4.52 Å². The summed E-state index contributed by atoms with van der Waals surface area (Å²) >= 11 is 3.37. The van der Waals surface area contributed by atoms with E-state index in [1.54, 1.807) is 6.66 Å². The van der Waals surface area contributed by atoms with Crippen molar-refractivity contribution in [2.45, 2.75) is 33.1 Å². The van der Waals surface area contributed by atoms with Crippen LogP contribution in [0.3, 0.4) is 0 Å². The van der Waals surface area contributed by atoms with E-state index in [0.717, 1.165) is 30.1 Å². The predicted molar refractivity (Wildman–Crippen MR) is 74.5 cm³/mol. The van der Waals surface area contributed by atoms with E-state index in [1.807, 2.05) is 11.8 Å². The first kappa shape index (κ1) is 15.9. The molecule has 0 saturated heterocycles. The summed E-state index contributed by atoms with van der Waals surface area (Å²) in [5.74, 6) is 3.13. The molecule has 0 saturated carbocycles. The summed E-state index contributed by atoms with van der Waals surface area (Å²) in [5.41, 5.74) is 0. The Morgan fingerprint density at radius 3 is 2.53 bits per heavy atom. The Morgan fingerprint density at radius 2 is 1.93 bits per heavy atom. The van der Waals surface area contributed by atoms with Gasteiger partial charge < -0.3 is 4.52 Å². The van der Waals surface area contributed by atoms with Gasteiger partial charge in [0.15, 0.2) is 0 Å². The molecule has 0 rings (SSSR count). The maximum absolute atomic E-state index is 11.9. The van der Waals surface area contributed by atoms with Crippen molar-refractivity contribution >= 4 is 29.7 Å². The zero-order valence-electron chi connectivity index (χ0n) is 10.0. The van der Waals surface area contributed by atoms with Gasteiger partial charge in [0.1, 0.15) is 0 Å². The highest BCUT2D eigenvalue weighted by atomic mass is 32.7. The van der Waals surface area contributed by atoms with Gasteiger partial charge in [-0.2, -0.15) is 11.8 Å². The Balaban J connectivity index is 3.45. The maximum atomic E-state index is 11.9. The van der Waals surface area contributed by atoms with Crippen LogP contribution in [-0.4, -0.2) is 30.5 Å². The van der Waals surface area contributed by atoms with Crippen molar-refractivity contribution in [2.24, 2.45) is 0 Å². The predicted octanol–water partition coefficient (Wildman–Crippen LogP) is 4.50. The number of hydrogen-bond donors (Lipinski definition) is 0. The Hall–Kier alpha value is 0.890. The number of thioether (sulfide) groups is 1. The largest absolute Gasteiger partial charge is 0.321 e. The molecule has 0 amide bonds. The second-order valence-corrected chi connectivity index (χ2v) is 9.97. The van der Waals surface area contributed by atoms with E-state index in [0.29, 0.717) is 6.61 Å². The number of rotatable bonds is 10. The Labute approximate surface area is 103 Å². The third-order valence-electron chi connectivity index (χ3n) is 1.83. The fraction of sp³-hybridized carbons (Fsp3) is 1.00. The molecule has 1 unspecified atom stereocenters. The second kappa shape index (κ2) is 10.1. The SMILES string of the molecule is CCCCCOP(C)(=O)SCCSCC. The lowest BCUT2D eigenvalue weighted by Crippen LogP contribution is -1.92. The Kier molecular flexibility index (Phi) is 10.7. The zero-order valence-corrected chi connectivity index (χ0v) is 12.6. The second-order valence-electron chi connectivity index (χ2n) is 3.34. The molecule has 0 aliphatic rings. The van der Waals surface area contributed by atoms with Crippen molar-refractivity contribution in [3.05, 3.63) is 0 Å². The highest BCUT2D eigenvalue weighted by molar-refractivity contribution is 8.56. The van der Waals surface area contributed by atoms with E-state index < -0.39 is 6.57 Å². The molecule has 0 aromatic carbocycles. The molecule has 92 valence electrons. The molecule has 0 fully saturated rings. The molecule has 0 aliphatic heterocycles. The quantitative estimate of drug-likeness (QED) is 0.431. The Morgan fingerprint density at radius 1 is 1.20 bits per heavy atom. The van der Waals surface area contributed by atoms with Gasteiger partial charge in [0, 0.05) is 18.2 Å². The van der Waals surface area contributed by atoms with Crippen molar-refractivity contribution in [2.75, 3.05) is 30.5 Å². The lowest BCUT2D eigenvalue weighted by Gasteiger charge is -2.12. The lowest BCUT2D eigenvalue weighted by atomic mass is 10.3. The van der Waals surface area contributed by atoms with Crippen LogP contribution in [0, 0.1) is 0 Å². The summed E-state index contributed by atoms with van der Waals surface area (Å²) in [6.45, 7) is 4.31. The zero-order chi connectivity index (χ0) is 11.6. The number of unbranched alkanes of at least 4 members (excludes halogenated alkanes) is 2. The van der Waals surface area contributed by atoms with Gasteiger partial charge >= 0.3 is 0 Å². The molecular formula is C10H23O2PS2. The van der Waals surface area contributed by atoms with Crippen LogP contribution >= 0.6 is 29.7 Å². The first-order chi connectivity index (χ1) is 7.12. The van der Waals surface area contributed by atoms with Crippen LogP contribution in [0.5, 0.6) is 0 Å². The molecule has 0 bridgehead atoms. The maximum Gasteiger partial charge on any atom is 0.254 e. The molecule has 0 aliphatic carbocycles. The molecular weight excluding hydrogens is 247 g/mol. The van der Waals surface area contributed by atoms with Crippen molar-refractivity contribution in [1.29, 1.82) is 0 Å². The molecule has 0 N–H and O–H groups in total. The third kappa shape index (κ3) is 11.2. The monoisotopic (exact) mass is 270 g/mol. The summed E-state index contributed by atoms with van der Waals surface area (Å²) in [6, 6.07) is 0. The lowest BCUT2D eigenvalue weighted by molar-refractivity contribution is 0.317. The molecule has 0 aromatic heterocycles. The fourth-order valence-electron chi connectivity index (χ4n) is 1.03. The minimum absolute atomic E-state index is 0.648. The summed E-state index contributed by atoms with van der Waals surface area (Å²) in [5, 5.41) is 0. The van der Waals surface area contributed by atoms with Gasteiger partial charge in [0.2, 0.25) is 0 Å². The highest BCUT2D eigenvalue weighted by Crippen LogP contribution is 2.56. The first-order valence-electron chi connectivity index (χ1n) is 5.56. The average Bonchev–Trinajstić information content (AvgIpc) is 2.20. The fourth-order valence-corrected chi connectivity index (χ4v) is 5.06. The first-order valence-corrected chi connectivity index (χ1v) is 10.4. The Bertz CT molecular complexity index is 172. The third-order valence-corrected chi connectivity index (χ3v) is 6.77. The van der Waals surface area contributed by atoms with Gasteiger partial charge in [-0.3, -0.25) is 4.57 Å². The minimum atomic E-state index is -2.37. The van der Waals surface area contributed by atoms with Crippen molar-refractivity contribution in [1.82, 2.24) is 0 Å². The smallest absolute Gasteiger partial charge is 0.254 e. The van der Waals surface area contributed by atoms with Crippen molar-refractivity contribution in [3.63, 3.8) is 0 Å². The highest BCUT2D eigenvalue weighted by Gasteiger charge is 2.15. The van der Waals surface area contributed by atoms with E-state index >= 15 is 0 Å². The standard InChI is InChI=1S/C10H23O2PS2/c1-4-6-7-8-12-13(3,11)15-10-9-14-5-2/h4-10H2,1-3H3. The van der Waals surface area contributed by atoms with Crippen LogP contribution in [0.4, 0.5) is 0 Å². The van der Waals surface area contributed by atoms with Gasteiger partial charge in [0.25, 0.3) is 6.57 Å². The van der Waals surface area contributed by atoms with Crippen LogP contribution in [0.15, 0.2) is 0 Å². The van der Waals surface area contributed by atoms with Gasteiger partial charge in [-0.25, -0.2) is 0 Å². The van der Waals surface area contributed by atoms with Crippen LogP contribution < -0.4 is 0 Å². The van der Waals surface area contributed by atoms with Crippen LogP contribution in [-0.2, 0) is 9.09 Å². The van der Waals surface area contributed by atoms with E-state index in [9.17, 15) is 4.57 Å². The molecule has 2 nitrogen and oxygen atoms in total. The van der Waals surface area contributed by atoms with E-state index in [2.05, 4.69) is 13.8 Å². The topological polar surface area (TPSA) is 26.3 Å². The normalized spacial score (nSPS) is 15.1. The molecule has 0 heterocycles. The summed E-state index contributed by atoms with van der Waals surface area (Å²) in [6.07, 6.45) is 3.37.